The van der Waals surface area contributed by atoms with Crippen LogP contribution in [0, 0.1) is 0 Å². The third-order valence-electron chi connectivity index (χ3n) is 4.91. The maximum absolute atomic E-state index is 13.2. The van der Waals surface area contributed by atoms with E-state index in [1.54, 1.807) is 29.7 Å². The number of carbonyl (C=O) groups excluding carboxylic acids is 2. The third kappa shape index (κ3) is 4.65. The lowest BCUT2D eigenvalue weighted by molar-refractivity contribution is -0.133. The molecule has 1 unspecified atom stereocenters. The summed E-state index contributed by atoms with van der Waals surface area (Å²) in [7, 11) is 0. The highest BCUT2D eigenvalue weighted by molar-refractivity contribution is 7.13. The molecule has 1 fully saturated rings. The van der Waals surface area contributed by atoms with E-state index in [1.807, 2.05) is 40.6 Å². The molecular formula is C21H22N4O3S. The Labute approximate surface area is 173 Å². The molecule has 7 nitrogen and oxygen atoms in total. The predicted molar refractivity (Wildman–Crippen MR) is 111 cm³/mol. The predicted octanol–water partition coefficient (Wildman–Crippen LogP) is 2.43. The van der Waals surface area contributed by atoms with Gasteiger partial charge >= 0.3 is 0 Å². The van der Waals surface area contributed by atoms with Crippen molar-refractivity contribution in [1.82, 2.24) is 15.2 Å². The fraction of sp³-hybridized carbons (Fsp3) is 0.286. The highest BCUT2D eigenvalue weighted by Gasteiger charge is 2.30. The van der Waals surface area contributed by atoms with E-state index in [4.69, 9.17) is 4.42 Å². The summed E-state index contributed by atoms with van der Waals surface area (Å²) in [6, 6.07) is 12.3. The molecular weight excluding hydrogens is 388 g/mol. The minimum absolute atomic E-state index is 0.0763. The molecule has 1 atom stereocenters. The quantitative estimate of drug-likeness (QED) is 0.675. The number of benzene rings is 1. The van der Waals surface area contributed by atoms with E-state index < -0.39 is 6.04 Å². The highest BCUT2D eigenvalue weighted by atomic mass is 32.1. The van der Waals surface area contributed by atoms with Gasteiger partial charge in [-0.25, -0.2) is 4.98 Å². The van der Waals surface area contributed by atoms with Crippen LogP contribution in [0.3, 0.4) is 0 Å². The number of nitrogens with zero attached hydrogens (tertiary/aromatic N) is 3. The van der Waals surface area contributed by atoms with Crippen molar-refractivity contribution in [3.63, 3.8) is 0 Å². The van der Waals surface area contributed by atoms with Crippen LogP contribution in [0.25, 0.3) is 0 Å². The lowest BCUT2D eigenvalue weighted by Crippen LogP contribution is -2.55. The molecule has 1 N–H and O–H groups in total. The van der Waals surface area contributed by atoms with Gasteiger partial charge in [-0.3, -0.25) is 9.59 Å². The van der Waals surface area contributed by atoms with E-state index in [1.165, 1.54) is 6.26 Å². The molecule has 1 aromatic carbocycles. The summed E-state index contributed by atoms with van der Waals surface area (Å²) in [6.07, 6.45) is 3.66. The minimum Gasteiger partial charge on any atom is -0.459 e. The summed E-state index contributed by atoms with van der Waals surface area (Å²) in [5, 5.41) is 5.78. The Balaban J connectivity index is 1.44. The van der Waals surface area contributed by atoms with E-state index in [2.05, 4.69) is 15.2 Å². The second kappa shape index (κ2) is 8.91. The summed E-state index contributed by atoms with van der Waals surface area (Å²) in [6.45, 7) is 2.65. The molecule has 1 aliphatic heterocycles. The van der Waals surface area contributed by atoms with Crippen LogP contribution < -0.4 is 10.2 Å². The third-order valence-corrected chi connectivity index (χ3v) is 5.74. The highest BCUT2D eigenvalue weighted by Crippen LogP contribution is 2.19. The van der Waals surface area contributed by atoms with Crippen LogP contribution in [0.4, 0.5) is 5.13 Å². The molecule has 2 amide bonds. The smallest absolute Gasteiger partial charge is 0.287 e. The van der Waals surface area contributed by atoms with E-state index in [0.717, 1.165) is 23.8 Å². The Morgan fingerprint density at radius 1 is 1.10 bits per heavy atom. The van der Waals surface area contributed by atoms with Crippen LogP contribution in [0.15, 0.2) is 64.7 Å². The number of thiazole rings is 1. The van der Waals surface area contributed by atoms with E-state index in [0.29, 0.717) is 19.5 Å². The fourth-order valence-corrected chi connectivity index (χ4v) is 4.09. The molecule has 3 aromatic rings. The van der Waals surface area contributed by atoms with Crippen molar-refractivity contribution < 1.29 is 14.0 Å². The second-order valence-corrected chi connectivity index (χ2v) is 7.69. The number of anilines is 1. The topological polar surface area (TPSA) is 78.7 Å². The summed E-state index contributed by atoms with van der Waals surface area (Å²) < 4.78 is 5.18. The van der Waals surface area contributed by atoms with Crippen molar-refractivity contribution in [2.45, 2.75) is 12.5 Å². The molecule has 0 aliphatic carbocycles. The molecule has 0 spiro atoms. The summed E-state index contributed by atoms with van der Waals surface area (Å²) in [5.41, 5.74) is 0.993. The Kier molecular flexibility index (Phi) is 5.90. The van der Waals surface area contributed by atoms with Gasteiger partial charge < -0.3 is 19.5 Å². The second-order valence-electron chi connectivity index (χ2n) is 6.82. The number of piperazine rings is 1. The van der Waals surface area contributed by atoms with E-state index in [9.17, 15) is 9.59 Å². The molecule has 2 aromatic heterocycles. The van der Waals surface area contributed by atoms with Crippen LogP contribution in [0.1, 0.15) is 16.1 Å². The lowest BCUT2D eigenvalue weighted by Gasteiger charge is -2.36. The molecule has 150 valence electrons. The number of hydrogen-bond donors (Lipinski definition) is 1. The van der Waals surface area contributed by atoms with Crippen molar-refractivity contribution >= 4 is 28.3 Å². The van der Waals surface area contributed by atoms with Gasteiger partial charge in [0.15, 0.2) is 10.9 Å². The van der Waals surface area contributed by atoms with Gasteiger partial charge in [0.1, 0.15) is 6.04 Å². The molecule has 4 rings (SSSR count). The molecule has 29 heavy (non-hydrogen) atoms. The van der Waals surface area contributed by atoms with Crippen molar-refractivity contribution in [1.29, 1.82) is 0 Å². The molecule has 0 saturated carbocycles. The summed E-state index contributed by atoms with van der Waals surface area (Å²) in [4.78, 5) is 34.1. The number of aromatic nitrogens is 1. The van der Waals surface area contributed by atoms with E-state index >= 15 is 0 Å². The lowest BCUT2D eigenvalue weighted by atomic mass is 10.0. The van der Waals surface area contributed by atoms with Crippen molar-refractivity contribution in [3.8, 4) is 0 Å². The standard InChI is InChI=1S/C21H22N4O3S/c26-19(18-7-4-13-28-18)23-17(15-16-5-2-1-3-6-16)20(27)24-9-11-25(12-10-24)21-22-8-14-29-21/h1-8,13-14,17H,9-12,15H2,(H,23,26). The van der Waals surface area contributed by atoms with Gasteiger partial charge in [-0.15, -0.1) is 11.3 Å². The summed E-state index contributed by atoms with van der Waals surface area (Å²) >= 11 is 1.60. The van der Waals surface area contributed by atoms with Gasteiger partial charge in [0.05, 0.1) is 6.26 Å². The zero-order chi connectivity index (χ0) is 20.1. The van der Waals surface area contributed by atoms with Crippen molar-refractivity contribution in [2.24, 2.45) is 0 Å². The Hall–Kier alpha value is -3.13. The Bertz CT molecular complexity index is 920. The van der Waals surface area contributed by atoms with Crippen molar-refractivity contribution in [2.75, 3.05) is 31.1 Å². The normalized spacial score (nSPS) is 15.2. The van der Waals surface area contributed by atoms with Crippen molar-refractivity contribution in [3.05, 3.63) is 71.6 Å². The monoisotopic (exact) mass is 410 g/mol. The van der Waals surface area contributed by atoms with Gasteiger partial charge in [0.25, 0.3) is 5.91 Å². The largest absolute Gasteiger partial charge is 0.459 e. The van der Waals surface area contributed by atoms with E-state index in [-0.39, 0.29) is 17.6 Å². The van der Waals surface area contributed by atoms with Gasteiger partial charge in [-0.1, -0.05) is 30.3 Å². The number of carbonyl (C=O) groups is 2. The first kappa shape index (κ1) is 19.2. The average Bonchev–Trinajstić information content (AvgIpc) is 3.48. The number of rotatable bonds is 6. The zero-order valence-electron chi connectivity index (χ0n) is 15.9. The Morgan fingerprint density at radius 2 is 1.90 bits per heavy atom. The maximum atomic E-state index is 13.2. The first-order valence-electron chi connectivity index (χ1n) is 9.52. The SMILES string of the molecule is O=C(NC(Cc1ccccc1)C(=O)N1CCN(c2nccs2)CC1)c1ccco1. The molecule has 3 heterocycles. The molecule has 1 aliphatic rings. The first-order chi connectivity index (χ1) is 14.2. The van der Waals surface area contributed by atoms with Crippen LogP contribution in [-0.2, 0) is 11.2 Å². The number of furan rings is 1. The van der Waals surface area contributed by atoms with Gasteiger partial charge in [0, 0.05) is 44.2 Å². The molecule has 0 bridgehead atoms. The number of nitrogens with one attached hydrogen (secondary N) is 1. The summed E-state index contributed by atoms with van der Waals surface area (Å²) in [5.74, 6) is -0.261. The van der Waals surface area contributed by atoms with Gasteiger partial charge in [0.2, 0.25) is 5.91 Å². The van der Waals surface area contributed by atoms with Gasteiger partial charge in [-0.05, 0) is 17.7 Å². The van der Waals surface area contributed by atoms with Crippen LogP contribution >= 0.6 is 11.3 Å². The number of hydrogen-bond acceptors (Lipinski definition) is 6. The van der Waals surface area contributed by atoms with Crippen LogP contribution in [-0.4, -0.2) is 53.9 Å². The van der Waals surface area contributed by atoms with Crippen LogP contribution in [0.2, 0.25) is 0 Å². The first-order valence-corrected chi connectivity index (χ1v) is 10.4. The molecule has 8 heteroatoms. The molecule has 1 saturated heterocycles. The van der Waals surface area contributed by atoms with Crippen LogP contribution in [0.5, 0.6) is 0 Å². The molecule has 0 radical (unpaired) electrons. The number of amides is 2. The zero-order valence-corrected chi connectivity index (χ0v) is 16.7. The average molecular weight is 410 g/mol. The minimum atomic E-state index is -0.651. The van der Waals surface area contributed by atoms with Gasteiger partial charge in [-0.2, -0.15) is 0 Å². The maximum Gasteiger partial charge on any atom is 0.287 e. The fourth-order valence-electron chi connectivity index (χ4n) is 3.40. The Morgan fingerprint density at radius 3 is 2.55 bits per heavy atom.